The van der Waals surface area contributed by atoms with E-state index in [0.717, 1.165) is 20.9 Å². The zero-order valence-electron chi connectivity index (χ0n) is 14.3. The van der Waals surface area contributed by atoms with Crippen molar-refractivity contribution in [3.8, 4) is 5.75 Å². The number of anilines is 1. The summed E-state index contributed by atoms with van der Waals surface area (Å²) in [4.78, 5) is 27.4. The number of benzene rings is 2. The number of carbonyl (C=O) groups is 2. The molecule has 0 saturated carbocycles. The number of hydrogen-bond donors (Lipinski definition) is 2. The van der Waals surface area contributed by atoms with Crippen LogP contribution in [0.15, 0.2) is 47.1 Å². The molecule has 3 aromatic rings. The number of aromatic amines is 1. The lowest BCUT2D eigenvalue weighted by Crippen LogP contribution is -2.21. The van der Waals surface area contributed by atoms with E-state index in [0.29, 0.717) is 17.0 Å². The fourth-order valence-corrected chi connectivity index (χ4v) is 2.94. The Morgan fingerprint density at radius 1 is 1.19 bits per heavy atom. The van der Waals surface area contributed by atoms with Gasteiger partial charge in [-0.15, -0.1) is 0 Å². The lowest BCUT2D eigenvalue weighted by molar-refractivity contribution is -0.119. The lowest BCUT2D eigenvalue weighted by Gasteiger charge is -2.11. The number of nitrogens with one attached hydrogen (secondary N) is 2. The fourth-order valence-electron chi connectivity index (χ4n) is 2.58. The Kier molecular flexibility index (Phi) is 5.27. The summed E-state index contributed by atoms with van der Waals surface area (Å²) in [6.07, 6.45) is 1.57. The van der Waals surface area contributed by atoms with Gasteiger partial charge in [0, 0.05) is 21.6 Å². The molecule has 2 N–H and O–H groups in total. The van der Waals surface area contributed by atoms with Crippen LogP contribution in [0.5, 0.6) is 5.75 Å². The Hall–Kier alpha value is -2.80. The van der Waals surface area contributed by atoms with Crippen LogP contribution in [0.3, 0.4) is 0 Å². The van der Waals surface area contributed by atoms with Gasteiger partial charge in [-0.25, -0.2) is 4.79 Å². The van der Waals surface area contributed by atoms with E-state index in [9.17, 15) is 9.59 Å². The highest BCUT2D eigenvalue weighted by Gasteiger charge is 2.16. The van der Waals surface area contributed by atoms with E-state index in [4.69, 9.17) is 9.47 Å². The van der Waals surface area contributed by atoms with Crippen molar-refractivity contribution < 1.29 is 19.1 Å². The van der Waals surface area contributed by atoms with E-state index in [2.05, 4.69) is 26.2 Å². The van der Waals surface area contributed by atoms with Gasteiger partial charge in [0.1, 0.15) is 5.75 Å². The molecule has 0 spiro atoms. The third-order valence-electron chi connectivity index (χ3n) is 3.83. The van der Waals surface area contributed by atoms with Crippen LogP contribution >= 0.6 is 15.9 Å². The molecule has 134 valence electrons. The molecule has 7 heteroatoms. The first kappa shape index (κ1) is 18.0. The van der Waals surface area contributed by atoms with Crippen LogP contribution in [0.1, 0.15) is 15.9 Å². The van der Waals surface area contributed by atoms with E-state index in [1.165, 1.54) is 7.11 Å². The summed E-state index contributed by atoms with van der Waals surface area (Å²) >= 11 is 3.38. The number of ether oxygens (including phenoxy) is 2. The zero-order chi connectivity index (χ0) is 18.7. The van der Waals surface area contributed by atoms with Crippen molar-refractivity contribution in [2.24, 2.45) is 0 Å². The predicted molar refractivity (Wildman–Crippen MR) is 103 cm³/mol. The number of fused-ring (bicyclic) bond motifs is 1. The van der Waals surface area contributed by atoms with Crippen LogP contribution in [0, 0.1) is 6.92 Å². The SMILES string of the molecule is COc1ccc(C)cc1NC(=O)COC(=O)c1c[nH]c2ccc(Br)cc12. The quantitative estimate of drug-likeness (QED) is 0.614. The summed E-state index contributed by atoms with van der Waals surface area (Å²) in [7, 11) is 1.52. The maximum absolute atomic E-state index is 12.3. The van der Waals surface area contributed by atoms with Crippen LogP contribution in [0.4, 0.5) is 5.69 Å². The number of amides is 1. The van der Waals surface area contributed by atoms with Gasteiger partial charge in [0.2, 0.25) is 0 Å². The number of hydrogen-bond acceptors (Lipinski definition) is 4. The van der Waals surface area contributed by atoms with Crippen LogP contribution in [-0.2, 0) is 9.53 Å². The molecule has 0 bridgehead atoms. The second-order valence-electron chi connectivity index (χ2n) is 5.72. The molecule has 0 aliphatic rings. The van der Waals surface area contributed by atoms with E-state index in [1.807, 2.05) is 31.2 Å². The predicted octanol–water partition coefficient (Wildman–Crippen LogP) is 4.04. The molecule has 1 aromatic heterocycles. The van der Waals surface area contributed by atoms with E-state index >= 15 is 0 Å². The third kappa shape index (κ3) is 3.88. The van der Waals surface area contributed by atoms with Crippen molar-refractivity contribution in [3.63, 3.8) is 0 Å². The van der Waals surface area contributed by atoms with Crippen LogP contribution in [0.2, 0.25) is 0 Å². The van der Waals surface area contributed by atoms with Crippen molar-refractivity contribution in [2.45, 2.75) is 6.92 Å². The Bertz CT molecular complexity index is 981. The Morgan fingerprint density at radius 2 is 2.00 bits per heavy atom. The maximum atomic E-state index is 12.3. The number of methoxy groups -OCH3 is 1. The fraction of sp³-hybridized carbons (Fsp3) is 0.158. The highest BCUT2D eigenvalue weighted by molar-refractivity contribution is 9.10. The topological polar surface area (TPSA) is 80.4 Å². The molecule has 0 aliphatic carbocycles. The molecular weight excluding hydrogens is 400 g/mol. The number of halogens is 1. The number of H-pyrrole nitrogens is 1. The van der Waals surface area contributed by atoms with E-state index in [1.54, 1.807) is 18.3 Å². The number of carbonyl (C=O) groups excluding carboxylic acids is 2. The smallest absolute Gasteiger partial charge is 0.340 e. The maximum Gasteiger partial charge on any atom is 0.340 e. The Labute approximate surface area is 158 Å². The van der Waals surface area contributed by atoms with Crippen LogP contribution in [0.25, 0.3) is 10.9 Å². The van der Waals surface area contributed by atoms with Gasteiger partial charge < -0.3 is 19.8 Å². The lowest BCUT2D eigenvalue weighted by atomic mass is 10.2. The molecule has 0 radical (unpaired) electrons. The minimum absolute atomic E-state index is 0.377. The third-order valence-corrected chi connectivity index (χ3v) is 4.32. The summed E-state index contributed by atoms with van der Waals surface area (Å²) in [5, 5.41) is 3.42. The molecule has 0 unspecified atom stereocenters. The molecule has 2 aromatic carbocycles. The summed E-state index contributed by atoms with van der Waals surface area (Å²) in [6, 6.07) is 11.0. The molecule has 0 aliphatic heterocycles. The Balaban J connectivity index is 1.66. The van der Waals surface area contributed by atoms with Gasteiger partial charge >= 0.3 is 5.97 Å². The first-order valence-electron chi connectivity index (χ1n) is 7.86. The average Bonchev–Trinajstić information content (AvgIpc) is 3.03. The van der Waals surface area contributed by atoms with Crippen molar-refractivity contribution in [1.29, 1.82) is 0 Å². The molecule has 26 heavy (non-hydrogen) atoms. The average molecular weight is 417 g/mol. The largest absolute Gasteiger partial charge is 0.495 e. The number of rotatable bonds is 5. The molecule has 0 saturated heterocycles. The first-order valence-corrected chi connectivity index (χ1v) is 8.65. The standard InChI is InChI=1S/C19H17BrN2O4/c1-11-3-6-17(25-2)16(7-11)22-18(23)10-26-19(24)14-9-21-15-5-4-12(20)8-13(14)15/h3-9,21H,10H2,1-2H3,(H,22,23). The van der Waals surface area contributed by atoms with Crippen LogP contribution < -0.4 is 10.1 Å². The molecule has 0 fully saturated rings. The monoisotopic (exact) mass is 416 g/mol. The first-order chi connectivity index (χ1) is 12.5. The summed E-state index contributed by atoms with van der Waals surface area (Å²) in [5.74, 6) is -0.472. The normalized spacial score (nSPS) is 10.6. The van der Waals surface area contributed by atoms with Gasteiger partial charge in [0.15, 0.2) is 6.61 Å². The highest BCUT2D eigenvalue weighted by atomic mass is 79.9. The minimum atomic E-state index is -0.569. The molecule has 0 atom stereocenters. The number of aromatic nitrogens is 1. The molecule has 3 rings (SSSR count). The van der Waals surface area contributed by atoms with Crippen molar-refractivity contribution in [1.82, 2.24) is 4.98 Å². The molecule has 1 amide bonds. The highest BCUT2D eigenvalue weighted by Crippen LogP contribution is 2.25. The Morgan fingerprint density at radius 3 is 2.77 bits per heavy atom. The van der Waals surface area contributed by atoms with E-state index in [-0.39, 0.29) is 0 Å². The van der Waals surface area contributed by atoms with Crippen LogP contribution in [-0.4, -0.2) is 30.6 Å². The van der Waals surface area contributed by atoms with Crippen molar-refractivity contribution >= 4 is 44.4 Å². The molecule has 1 heterocycles. The minimum Gasteiger partial charge on any atom is -0.495 e. The van der Waals surface area contributed by atoms with Gasteiger partial charge in [0.25, 0.3) is 5.91 Å². The van der Waals surface area contributed by atoms with Gasteiger partial charge in [0.05, 0.1) is 18.4 Å². The van der Waals surface area contributed by atoms with Crippen molar-refractivity contribution in [2.75, 3.05) is 19.0 Å². The van der Waals surface area contributed by atoms with Gasteiger partial charge in [-0.2, -0.15) is 0 Å². The summed E-state index contributed by atoms with van der Waals surface area (Å²) in [5.41, 5.74) is 2.70. The second-order valence-corrected chi connectivity index (χ2v) is 6.64. The number of esters is 1. The summed E-state index contributed by atoms with van der Waals surface area (Å²) in [6.45, 7) is 1.51. The molecule has 6 nitrogen and oxygen atoms in total. The number of aryl methyl sites for hydroxylation is 1. The van der Waals surface area contributed by atoms with E-state index < -0.39 is 18.5 Å². The van der Waals surface area contributed by atoms with Crippen molar-refractivity contribution in [3.05, 3.63) is 58.2 Å². The second kappa shape index (κ2) is 7.61. The summed E-state index contributed by atoms with van der Waals surface area (Å²) < 4.78 is 11.2. The zero-order valence-corrected chi connectivity index (χ0v) is 15.8. The molecular formula is C19H17BrN2O4. The van der Waals surface area contributed by atoms with Gasteiger partial charge in [-0.05, 0) is 42.8 Å². The van der Waals surface area contributed by atoms with Gasteiger partial charge in [-0.3, -0.25) is 4.79 Å². The van der Waals surface area contributed by atoms with Gasteiger partial charge in [-0.1, -0.05) is 22.0 Å².